The van der Waals surface area contributed by atoms with Gasteiger partial charge in [-0.3, -0.25) is 4.79 Å². The summed E-state index contributed by atoms with van der Waals surface area (Å²) in [6.45, 7) is 1.76. The summed E-state index contributed by atoms with van der Waals surface area (Å²) in [4.78, 5) is 24.0. The highest BCUT2D eigenvalue weighted by atomic mass is 16.5. The average molecular weight is 393 g/mol. The van der Waals surface area contributed by atoms with Gasteiger partial charge in [0.05, 0.1) is 25.8 Å². The van der Waals surface area contributed by atoms with E-state index in [1.807, 2.05) is 49.4 Å². The van der Waals surface area contributed by atoms with Gasteiger partial charge in [0.25, 0.3) is 5.91 Å². The monoisotopic (exact) mass is 393 g/mol. The van der Waals surface area contributed by atoms with E-state index in [0.29, 0.717) is 17.1 Å². The number of fused-ring (bicyclic) bond motifs is 1. The lowest BCUT2D eigenvalue weighted by atomic mass is 10.00. The van der Waals surface area contributed by atoms with E-state index in [4.69, 9.17) is 14.2 Å². The average Bonchev–Trinajstić information content (AvgIpc) is 2.76. The topological polar surface area (TPSA) is 73.9 Å². The van der Waals surface area contributed by atoms with Crippen LogP contribution in [0.25, 0.3) is 10.8 Å². The Morgan fingerprint density at radius 2 is 1.72 bits per heavy atom. The van der Waals surface area contributed by atoms with Crippen LogP contribution in [0, 0.1) is 0 Å². The Hall–Kier alpha value is -3.54. The highest BCUT2D eigenvalue weighted by Crippen LogP contribution is 2.28. The highest BCUT2D eigenvalue weighted by Gasteiger charge is 2.15. The molecule has 0 aromatic heterocycles. The van der Waals surface area contributed by atoms with Crippen molar-refractivity contribution in [2.75, 3.05) is 20.8 Å². The normalized spacial score (nSPS) is 11.6. The van der Waals surface area contributed by atoms with Gasteiger partial charge >= 0.3 is 5.97 Å². The summed E-state index contributed by atoms with van der Waals surface area (Å²) in [7, 11) is 2.77. The summed E-state index contributed by atoms with van der Waals surface area (Å²) in [6.07, 6.45) is 0. The summed E-state index contributed by atoms with van der Waals surface area (Å²) in [5, 5.41) is 5.18. The number of hydrogen-bond acceptors (Lipinski definition) is 5. The second-order valence-electron chi connectivity index (χ2n) is 6.50. The smallest absolute Gasteiger partial charge is 0.337 e. The van der Waals surface area contributed by atoms with Gasteiger partial charge in [-0.25, -0.2) is 4.79 Å². The van der Waals surface area contributed by atoms with Crippen LogP contribution in [-0.4, -0.2) is 32.7 Å². The minimum absolute atomic E-state index is 0.178. The Morgan fingerprint density at radius 1 is 0.966 bits per heavy atom. The standard InChI is InChI=1S/C23H23NO5/c1-15(18-10-6-8-16-7-4-5-9-19(16)18)24-22(25)14-29-20-12-11-17(23(26)28-3)13-21(20)27-2/h4-13,15H,14H2,1-3H3,(H,24,25)/t15-/m1/s1. The molecule has 3 aromatic rings. The van der Waals surface area contributed by atoms with E-state index >= 15 is 0 Å². The summed E-state index contributed by atoms with van der Waals surface area (Å²) in [5.74, 6) is -0.0167. The van der Waals surface area contributed by atoms with E-state index < -0.39 is 5.97 Å². The first-order valence-corrected chi connectivity index (χ1v) is 9.19. The molecule has 0 saturated carbocycles. The molecule has 0 saturated heterocycles. The maximum absolute atomic E-state index is 12.4. The van der Waals surface area contributed by atoms with Crippen LogP contribution in [0.2, 0.25) is 0 Å². The number of methoxy groups -OCH3 is 2. The van der Waals surface area contributed by atoms with Gasteiger partial charge in [0.2, 0.25) is 0 Å². The van der Waals surface area contributed by atoms with Gasteiger partial charge in [-0.1, -0.05) is 42.5 Å². The molecule has 0 bridgehead atoms. The first-order chi connectivity index (χ1) is 14.0. The second-order valence-corrected chi connectivity index (χ2v) is 6.50. The minimum Gasteiger partial charge on any atom is -0.493 e. The Morgan fingerprint density at radius 3 is 2.48 bits per heavy atom. The Bertz CT molecular complexity index is 1030. The predicted octanol–water partition coefficient (Wildman–Crippen LogP) is 3.89. The number of rotatable bonds is 7. The summed E-state index contributed by atoms with van der Waals surface area (Å²) in [5.41, 5.74) is 1.38. The SMILES string of the molecule is COC(=O)c1ccc(OCC(=O)N[C@H](C)c2cccc3ccccc23)c(OC)c1. The highest BCUT2D eigenvalue weighted by molar-refractivity contribution is 5.90. The molecule has 0 heterocycles. The zero-order chi connectivity index (χ0) is 20.8. The fraction of sp³-hybridized carbons (Fsp3) is 0.217. The van der Waals surface area contributed by atoms with E-state index in [0.717, 1.165) is 16.3 Å². The largest absolute Gasteiger partial charge is 0.493 e. The van der Waals surface area contributed by atoms with Crippen molar-refractivity contribution in [3.63, 3.8) is 0 Å². The number of benzene rings is 3. The van der Waals surface area contributed by atoms with E-state index in [1.54, 1.807) is 12.1 Å². The molecule has 6 nitrogen and oxygen atoms in total. The van der Waals surface area contributed by atoms with Gasteiger partial charge in [-0.2, -0.15) is 0 Å². The molecule has 0 spiro atoms. The van der Waals surface area contributed by atoms with Crippen LogP contribution in [0.5, 0.6) is 11.5 Å². The molecule has 0 fully saturated rings. The van der Waals surface area contributed by atoms with Crippen LogP contribution in [-0.2, 0) is 9.53 Å². The summed E-state index contributed by atoms with van der Waals surface area (Å²) >= 11 is 0. The molecule has 3 rings (SSSR count). The van der Waals surface area contributed by atoms with Gasteiger partial charge in [-0.05, 0) is 41.5 Å². The number of ether oxygens (including phenoxy) is 3. The van der Waals surface area contributed by atoms with Gasteiger partial charge in [0, 0.05) is 0 Å². The van der Waals surface area contributed by atoms with Crippen LogP contribution in [0.15, 0.2) is 60.7 Å². The molecule has 150 valence electrons. The number of esters is 1. The van der Waals surface area contributed by atoms with Crippen molar-refractivity contribution < 1.29 is 23.8 Å². The lowest BCUT2D eigenvalue weighted by molar-refractivity contribution is -0.123. The third kappa shape index (κ3) is 4.66. The van der Waals surface area contributed by atoms with E-state index in [1.165, 1.54) is 20.3 Å². The first kappa shape index (κ1) is 20.2. The summed E-state index contributed by atoms with van der Waals surface area (Å²) < 4.78 is 15.5. The molecule has 0 radical (unpaired) electrons. The fourth-order valence-corrected chi connectivity index (χ4v) is 3.16. The molecule has 0 aliphatic heterocycles. The number of carbonyl (C=O) groups is 2. The van der Waals surface area contributed by atoms with Crippen molar-refractivity contribution in [2.24, 2.45) is 0 Å². The van der Waals surface area contributed by atoms with Crippen molar-refractivity contribution in [3.05, 3.63) is 71.8 Å². The molecule has 0 aliphatic rings. The Kier molecular flexibility index (Phi) is 6.34. The van der Waals surface area contributed by atoms with Gasteiger partial charge < -0.3 is 19.5 Å². The van der Waals surface area contributed by atoms with Crippen LogP contribution in [0.4, 0.5) is 0 Å². The van der Waals surface area contributed by atoms with Crippen LogP contribution in [0.3, 0.4) is 0 Å². The molecular weight excluding hydrogens is 370 g/mol. The lowest BCUT2D eigenvalue weighted by Gasteiger charge is -2.17. The molecule has 29 heavy (non-hydrogen) atoms. The van der Waals surface area contributed by atoms with Gasteiger partial charge in [-0.15, -0.1) is 0 Å². The van der Waals surface area contributed by atoms with E-state index in [-0.39, 0.29) is 18.6 Å². The summed E-state index contributed by atoms with van der Waals surface area (Å²) in [6, 6.07) is 18.5. The van der Waals surface area contributed by atoms with Crippen molar-refractivity contribution >= 4 is 22.6 Å². The van der Waals surface area contributed by atoms with Gasteiger partial charge in [0.1, 0.15) is 0 Å². The van der Waals surface area contributed by atoms with Gasteiger partial charge in [0.15, 0.2) is 18.1 Å². The maximum atomic E-state index is 12.4. The first-order valence-electron chi connectivity index (χ1n) is 9.19. The van der Waals surface area contributed by atoms with Crippen LogP contribution >= 0.6 is 0 Å². The number of nitrogens with one attached hydrogen (secondary N) is 1. The van der Waals surface area contributed by atoms with E-state index in [2.05, 4.69) is 5.32 Å². The fourth-order valence-electron chi connectivity index (χ4n) is 3.16. The molecule has 0 unspecified atom stereocenters. The third-order valence-electron chi connectivity index (χ3n) is 4.61. The van der Waals surface area contributed by atoms with Crippen molar-refractivity contribution in [1.82, 2.24) is 5.32 Å². The van der Waals surface area contributed by atoms with Crippen LogP contribution in [0.1, 0.15) is 28.9 Å². The molecule has 1 N–H and O–H groups in total. The number of hydrogen-bond donors (Lipinski definition) is 1. The molecular formula is C23H23NO5. The van der Waals surface area contributed by atoms with Crippen LogP contribution < -0.4 is 14.8 Å². The Labute approximate surface area is 169 Å². The zero-order valence-electron chi connectivity index (χ0n) is 16.6. The minimum atomic E-state index is -0.475. The predicted molar refractivity (Wildman–Crippen MR) is 110 cm³/mol. The molecule has 0 aliphatic carbocycles. The maximum Gasteiger partial charge on any atom is 0.337 e. The molecule has 1 amide bonds. The second kappa shape index (κ2) is 9.10. The van der Waals surface area contributed by atoms with Crippen molar-refractivity contribution in [1.29, 1.82) is 0 Å². The third-order valence-corrected chi connectivity index (χ3v) is 4.61. The molecule has 3 aromatic carbocycles. The number of carbonyl (C=O) groups excluding carboxylic acids is 2. The Balaban J connectivity index is 1.66. The molecule has 6 heteroatoms. The van der Waals surface area contributed by atoms with E-state index in [9.17, 15) is 9.59 Å². The lowest BCUT2D eigenvalue weighted by Crippen LogP contribution is -2.31. The molecule has 1 atom stereocenters. The zero-order valence-corrected chi connectivity index (χ0v) is 16.6. The van der Waals surface area contributed by atoms with Crippen molar-refractivity contribution in [3.8, 4) is 11.5 Å². The van der Waals surface area contributed by atoms with Crippen molar-refractivity contribution in [2.45, 2.75) is 13.0 Å². The number of amides is 1. The quantitative estimate of drug-likeness (QED) is 0.617.